The van der Waals surface area contributed by atoms with E-state index in [9.17, 15) is 4.79 Å². The highest BCUT2D eigenvalue weighted by Gasteiger charge is 2.25. The van der Waals surface area contributed by atoms with Gasteiger partial charge in [-0.25, -0.2) is 0 Å². The number of anilines is 1. The van der Waals surface area contributed by atoms with E-state index in [1.54, 1.807) is 0 Å². The SMILES string of the molecule is O=C1COC(c2ccccc2OCCN2CCOCC2)=NN1c1ccccc1. The van der Waals surface area contributed by atoms with Crippen LogP contribution < -0.4 is 9.75 Å². The second-order valence-corrected chi connectivity index (χ2v) is 6.53. The molecule has 0 aliphatic carbocycles. The Hall–Kier alpha value is -2.90. The minimum Gasteiger partial charge on any atom is -0.491 e. The lowest BCUT2D eigenvalue weighted by Gasteiger charge is -2.27. The number of morpholine rings is 1. The summed E-state index contributed by atoms with van der Waals surface area (Å²) in [5.41, 5.74) is 1.44. The van der Waals surface area contributed by atoms with Crippen LogP contribution in [0, 0.1) is 0 Å². The largest absolute Gasteiger partial charge is 0.491 e. The minimum absolute atomic E-state index is 0.0597. The number of rotatable bonds is 6. The van der Waals surface area contributed by atoms with Crippen LogP contribution in [0.25, 0.3) is 0 Å². The number of hydrogen-bond acceptors (Lipinski definition) is 6. The zero-order valence-corrected chi connectivity index (χ0v) is 15.6. The molecule has 0 bridgehead atoms. The van der Waals surface area contributed by atoms with Crippen molar-refractivity contribution in [1.82, 2.24) is 4.90 Å². The second kappa shape index (κ2) is 8.86. The van der Waals surface area contributed by atoms with Crippen molar-refractivity contribution in [3.63, 3.8) is 0 Å². The number of hydrogen-bond donors (Lipinski definition) is 0. The van der Waals surface area contributed by atoms with Crippen LogP contribution in [0.15, 0.2) is 59.7 Å². The van der Waals surface area contributed by atoms with Gasteiger partial charge in [-0.2, -0.15) is 5.01 Å². The molecule has 2 aliphatic heterocycles. The highest BCUT2D eigenvalue weighted by molar-refractivity contribution is 6.05. The Kier molecular flexibility index (Phi) is 5.84. The van der Waals surface area contributed by atoms with E-state index < -0.39 is 0 Å². The lowest BCUT2D eigenvalue weighted by Crippen LogP contribution is -2.39. The third-order valence-corrected chi connectivity index (χ3v) is 4.65. The molecule has 1 fully saturated rings. The minimum atomic E-state index is -0.208. The number of benzene rings is 2. The molecule has 0 atom stereocenters. The molecule has 2 aliphatic rings. The Bertz CT molecular complexity index is 835. The lowest BCUT2D eigenvalue weighted by molar-refractivity contribution is -0.121. The summed E-state index contributed by atoms with van der Waals surface area (Å²) in [5, 5.41) is 5.81. The van der Waals surface area contributed by atoms with E-state index in [2.05, 4.69) is 10.0 Å². The molecule has 2 heterocycles. The van der Waals surface area contributed by atoms with E-state index >= 15 is 0 Å². The van der Waals surface area contributed by atoms with E-state index in [4.69, 9.17) is 14.2 Å². The molecule has 0 radical (unpaired) electrons. The molecule has 7 nitrogen and oxygen atoms in total. The predicted molar refractivity (Wildman–Crippen MR) is 106 cm³/mol. The maximum atomic E-state index is 12.3. The summed E-state index contributed by atoms with van der Waals surface area (Å²) in [5.74, 6) is 0.864. The van der Waals surface area contributed by atoms with Gasteiger partial charge in [0.2, 0.25) is 5.90 Å². The van der Waals surface area contributed by atoms with Crippen LogP contribution in [0.5, 0.6) is 5.75 Å². The highest BCUT2D eigenvalue weighted by atomic mass is 16.5. The van der Waals surface area contributed by atoms with Crippen LogP contribution in [0.1, 0.15) is 5.56 Å². The fourth-order valence-electron chi connectivity index (χ4n) is 3.15. The molecule has 7 heteroatoms. The van der Waals surface area contributed by atoms with Gasteiger partial charge in [0, 0.05) is 19.6 Å². The Morgan fingerprint density at radius 1 is 1.00 bits per heavy atom. The van der Waals surface area contributed by atoms with Crippen molar-refractivity contribution in [2.45, 2.75) is 0 Å². The summed E-state index contributed by atoms with van der Waals surface area (Å²) in [6, 6.07) is 16.9. The second-order valence-electron chi connectivity index (χ2n) is 6.53. The van der Waals surface area contributed by atoms with E-state index in [-0.39, 0.29) is 12.5 Å². The van der Waals surface area contributed by atoms with E-state index in [1.807, 2.05) is 54.6 Å². The molecule has 2 aromatic rings. The first-order valence-corrected chi connectivity index (χ1v) is 9.43. The number of carbonyl (C=O) groups excluding carboxylic acids is 1. The predicted octanol–water partition coefficient (Wildman–Crippen LogP) is 2.12. The van der Waals surface area contributed by atoms with Crippen LogP contribution in [-0.4, -0.2) is 62.8 Å². The molecule has 0 N–H and O–H groups in total. The number of ether oxygens (including phenoxy) is 3. The van der Waals surface area contributed by atoms with Crippen LogP contribution in [-0.2, 0) is 14.3 Å². The maximum Gasteiger partial charge on any atom is 0.285 e. The monoisotopic (exact) mass is 381 g/mol. The molecular formula is C21H23N3O4. The average molecular weight is 381 g/mol. The molecule has 2 aromatic carbocycles. The molecule has 0 saturated carbocycles. The van der Waals surface area contributed by atoms with Crippen molar-refractivity contribution in [2.75, 3.05) is 51.1 Å². The molecule has 0 unspecified atom stereocenters. The fraction of sp³-hybridized carbons (Fsp3) is 0.333. The zero-order chi connectivity index (χ0) is 19.2. The van der Waals surface area contributed by atoms with E-state index in [0.29, 0.717) is 23.9 Å². The first kappa shape index (κ1) is 18.5. The van der Waals surface area contributed by atoms with E-state index in [1.165, 1.54) is 5.01 Å². The molecule has 28 heavy (non-hydrogen) atoms. The first-order valence-electron chi connectivity index (χ1n) is 9.43. The van der Waals surface area contributed by atoms with Crippen molar-refractivity contribution >= 4 is 17.5 Å². The first-order chi connectivity index (χ1) is 13.8. The van der Waals surface area contributed by atoms with Gasteiger partial charge >= 0.3 is 0 Å². The third-order valence-electron chi connectivity index (χ3n) is 4.65. The maximum absolute atomic E-state index is 12.3. The number of amides is 1. The summed E-state index contributed by atoms with van der Waals surface area (Å²) < 4.78 is 17.0. The summed E-state index contributed by atoms with van der Waals surface area (Å²) in [6.07, 6.45) is 0. The van der Waals surface area contributed by atoms with Gasteiger partial charge in [-0.3, -0.25) is 9.69 Å². The van der Waals surface area contributed by atoms with Crippen molar-refractivity contribution in [2.24, 2.45) is 5.10 Å². The van der Waals surface area contributed by atoms with Crippen molar-refractivity contribution in [3.05, 3.63) is 60.2 Å². The van der Waals surface area contributed by atoms with Gasteiger partial charge in [0.15, 0.2) is 6.61 Å². The quantitative estimate of drug-likeness (QED) is 0.767. The summed E-state index contributed by atoms with van der Waals surface area (Å²) in [4.78, 5) is 14.6. The zero-order valence-electron chi connectivity index (χ0n) is 15.6. The van der Waals surface area contributed by atoms with Gasteiger partial charge in [-0.05, 0) is 24.3 Å². The Labute approximate surface area is 164 Å². The smallest absolute Gasteiger partial charge is 0.285 e. The number of nitrogens with zero attached hydrogens (tertiary/aromatic N) is 3. The molecule has 0 aromatic heterocycles. The Balaban J connectivity index is 1.49. The van der Waals surface area contributed by atoms with Gasteiger partial charge in [0.1, 0.15) is 12.4 Å². The van der Waals surface area contributed by atoms with Gasteiger partial charge in [-0.1, -0.05) is 30.3 Å². The van der Waals surface area contributed by atoms with Crippen LogP contribution in [0.3, 0.4) is 0 Å². The molecule has 4 rings (SSSR count). The van der Waals surface area contributed by atoms with Gasteiger partial charge < -0.3 is 14.2 Å². The van der Waals surface area contributed by atoms with Crippen LogP contribution >= 0.6 is 0 Å². The lowest BCUT2D eigenvalue weighted by atomic mass is 10.2. The third kappa shape index (κ3) is 4.32. The standard InChI is InChI=1S/C21H23N3O4/c25-20-16-28-21(22-24(20)17-6-2-1-3-7-17)18-8-4-5-9-19(18)27-15-12-23-10-13-26-14-11-23/h1-9H,10-16H2. The fourth-order valence-corrected chi connectivity index (χ4v) is 3.15. The van der Waals surface area contributed by atoms with Crippen molar-refractivity contribution in [1.29, 1.82) is 0 Å². The molecule has 1 saturated heterocycles. The Morgan fingerprint density at radius 2 is 1.75 bits per heavy atom. The summed E-state index contributed by atoms with van der Waals surface area (Å²) >= 11 is 0. The number of carbonyl (C=O) groups is 1. The summed E-state index contributed by atoms with van der Waals surface area (Å²) in [7, 11) is 0. The van der Waals surface area contributed by atoms with Crippen molar-refractivity contribution < 1.29 is 19.0 Å². The van der Waals surface area contributed by atoms with Crippen LogP contribution in [0.2, 0.25) is 0 Å². The van der Waals surface area contributed by atoms with Gasteiger partial charge in [-0.15, -0.1) is 5.10 Å². The molecule has 1 amide bonds. The van der Waals surface area contributed by atoms with Crippen LogP contribution in [0.4, 0.5) is 5.69 Å². The average Bonchev–Trinajstić information content (AvgIpc) is 2.76. The van der Waals surface area contributed by atoms with Crippen molar-refractivity contribution in [3.8, 4) is 5.75 Å². The molecule has 0 spiro atoms. The van der Waals surface area contributed by atoms with E-state index in [0.717, 1.165) is 38.4 Å². The summed E-state index contributed by atoms with van der Waals surface area (Å²) in [6.45, 7) is 4.72. The normalized spacial score (nSPS) is 17.8. The highest BCUT2D eigenvalue weighted by Crippen LogP contribution is 2.24. The Morgan fingerprint density at radius 3 is 2.57 bits per heavy atom. The number of hydrazone groups is 1. The number of para-hydroxylation sites is 2. The molecule has 146 valence electrons. The molecular weight excluding hydrogens is 358 g/mol. The topological polar surface area (TPSA) is 63.6 Å². The van der Waals surface area contributed by atoms with Gasteiger partial charge in [0.25, 0.3) is 5.91 Å². The van der Waals surface area contributed by atoms with Gasteiger partial charge in [0.05, 0.1) is 24.5 Å².